The van der Waals surface area contributed by atoms with Crippen LogP contribution in [0.1, 0.15) is 29.9 Å². The number of halogens is 1. The Labute approximate surface area is 145 Å². The van der Waals surface area contributed by atoms with Crippen LogP contribution in [0.15, 0.2) is 48.5 Å². The molecule has 2 atom stereocenters. The Morgan fingerprint density at radius 1 is 1.20 bits per heavy atom. The molecule has 0 aliphatic heterocycles. The summed E-state index contributed by atoms with van der Waals surface area (Å²) in [6.07, 6.45) is 0. The summed E-state index contributed by atoms with van der Waals surface area (Å²) >= 11 is 0. The third-order valence-corrected chi connectivity index (χ3v) is 4.03. The van der Waals surface area contributed by atoms with Crippen molar-refractivity contribution >= 4 is 0 Å². The van der Waals surface area contributed by atoms with E-state index in [2.05, 4.69) is 20.8 Å². The van der Waals surface area contributed by atoms with E-state index in [0.717, 1.165) is 11.1 Å². The van der Waals surface area contributed by atoms with E-state index in [0.29, 0.717) is 18.1 Å². The standard InChI is InChI=1S/C18H21FN6/c1-12-8-9-15(19)16(10-12)25-17(22-23-24-25)11-21-18(13(2)20)14-6-4-3-5-7-14/h3-10,13,18,21H,11,20H2,1-2H3. The zero-order valence-corrected chi connectivity index (χ0v) is 14.2. The van der Waals surface area contributed by atoms with Crippen molar-refractivity contribution < 1.29 is 4.39 Å². The summed E-state index contributed by atoms with van der Waals surface area (Å²) < 4.78 is 15.6. The van der Waals surface area contributed by atoms with Crippen LogP contribution in [0.3, 0.4) is 0 Å². The van der Waals surface area contributed by atoms with E-state index >= 15 is 0 Å². The monoisotopic (exact) mass is 340 g/mol. The average Bonchev–Trinajstić information content (AvgIpc) is 3.06. The normalized spacial score (nSPS) is 13.6. The lowest BCUT2D eigenvalue weighted by atomic mass is 10.0. The number of rotatable bonds is 6. The minimum Gasteiger partial charge on any atom is -0.326 e. The molecule has 3 rings (SSSR count). The van der Waals surface area contributed by atoms with Crippen molar-refractivity contribution in [2.75, 3.05) is 0 Å². The zero-order valence-electron chi connectivity index (χ0n) is 14.2. The number of hydrogen-bond donors (Lipinski definition) is 2. The van der Waals surface area contributed by atoms with E-state index in [4.69, 9.17) is 5.73 Å². The van der Waals surface area contributed by atoms with Crippen LogP contribution >= 0.6 is 0 Å². The fourth-order valence-electron chi connectivity index (χ4n) is 2.76. The quantitative estimate of drug-likeness (QED) is 0.719. The second kappa shape index (κ2) is 7.50. The fourth-order valence-corrected chi connectivity index (χ4v) is 2.76. The summed E-state index contributed by atoms with van der Waals surface area (Å²) in [5.41, 5.74) is 8.47. The Morgan fingerprint density at radius 2 is 1.96 bits per heavy atom. The molecular weight excluding hydrogens is 319 g/mol. The Hall–Kier alpha value is -2.64. The van der Waals surface area contributed by atoms with Crippen LogP contribution in [-0.2, 0) is 6.54 Å². The third kappa shape index (κ3) is 3.89. The van der Waals surface area contributed by atoms with Crippen LogP contribution in [0.4, 0.5) is 4.39 Å². The molecule has 3 N–H and O–H groups in total. The van der Waals surface area contributed by atoms with Gasteiger partial charge in [-0.2, -0.15) is 4.68 Å². The fraction of sp³-hybridized carbons (Fsp3) is 0.278. The molecule has 0 aliphatic carbocycles. The van der Waals surface area contributed by atoms with Gasteiger partial charge in [-0.25, -0.2) is 4.39 Å². The van der Waals surface area contributed by atoms with Crippen molar-refractivity contribution in [3.8, 4) is 5.69 Å². The topological polar surface area (TPSA) is 81.7 Å². The number of nitrogens with two attached hydrogens (primary N) is 1. The first-order valence-corrected chi connectivity index (χ1v) is 8.14. The van der Waals surface area contributed by atoms with E-state index in [1.807, 2.05) is 44.2 Å². The summed E-state index contributed by atoms with van der Waals surface area (Å²) in [5, 5.41) is 15.0. The molecule has 0 aliphatic rings. The highest BCUT2D eigenvalue weighted by molar-refractivity contribution is 5.36. The first kappa shape index (κ1) is 17.2. The Morgan fingerprint density at radius 3 is 2.68 bits per heavy atom. The van der Waals surface area contributed by atoms with Crippen LogP contribution in [0, 0.1) is 12.7 Å². The van der Waals surface area contributed by atoms with Gasteiger partial charge in [0.2, 0.25) is 0 Å². The number of nitrogens with zero attached hydrogens (tertiary/aromatic N) is 4. The van der Waals surface area contributed by atoms with Gasteiger partial charge < -0.3 is 11.1 Å². The summed E-state index contributed by atoms with van der Waals surface area (Å²) in [6.45, 7) is 4.20. The zero-order chi connectivity index (χ0) is 17.8. The molecule has 3 aromatic rings. The minimum atomic E-state index is -0.369. The van der Waals surface area contributed by atoms with E-state index in [1.165, 1.54) is 10.7 Å². The molecular formula is C18H21FN6. The van der Waals surface area contributed by atoms with E-state index in [1.54, 1.807) is 12.1 Å². The number of hydrogen-bond acceptors (Lipinski definition) is 5. The van der Waals surface area contributed by atoms with Gasteiger partial charge in [0, 0.05) is 12.1 Å². The van der Waals surface area contributed by atoms with Crippen molar-refractivity contribution in [1.82, 2.24) is 25.5 Å². The number of aromatic nitrogens is 4. The van der Waals surface area contributed by atoms with Crippen LogP contribution in [0.2, 0.25) is 0 Å². The van der Waals surface area contributed by atoms with Crippen LogP contribution in [0.5, 0.6) is 0 Å². The second-order valence-corrected chi connectivity index (χ2v) is 6.09. The molecule has 2 aromatic carbocycles. The van der Waals surface area contributed by atoms with Gasteiger partial charge in [0.25, 0.3) is 0 Å². The lowest BCUT2D eigenvalue weighted by Crippen LogP contribution is -2.36. The lowest BCUT2D eigenvalue weighted by Gasteiger charge is -2.22. The number of benzene rings is 2. The van der Waals surface area contributed by atoms with Gasteiger partial charge in [0.15, 0.2) is 5.82 Å². The summed E-state index contributed by atoms with van der Waals surface area (Å²) in [6, 6.07) is 14.6. The van der Waals surface area contributed by atoms with Crippen LogP contribution in [-0.4, -0.2) is 26.2 Å². The molecule has 1 heterocycles. The summed E-state index contributed by atoms with van der Waals surface area (Å²) in [7, 11) is 0. The highest BCUT2D eigenvalue weighted by Gasteiger charge is 2.18. The predicted molar refractivity (Wildman–Crippen MR) is 93.5 cm³/mol. The molecule has 1 aromatic heterocycles. The Bertz CT molecular complexity index is 831. The van der Waals surface area contributed by atoms with Crippen LogP contribution < -0.4 is 11.1 Å². The lowest BCUT2D eigenvalue weighted by molar-refractivity contribution is 0.452. The van der Waals surface area contributed by atoms with Crippen molar-refractivity contribution in [3.05, 3.63) is 71.3 Å². The van der Waals surface area contributed by atoms with E-state index in [-0.39, 0.29) is 17.9 Å². The maximum atomic E-state index is 14.1. The van der Waals surface area contributed by atoms with Gasteiger partial charge in [-0.15, -0.1) is 5.10 Å². The highest BCUT2D eigenvalue weighted by Crippen LogP contribution is 2.18. The third-order valence-electron chi connectivity index (χ3n) is 4.03. The molecule has 0 saturated heterocycles. The molecule has 6 nitrogen and oxygen atoms in total. The summed E-state index contributed by atoms with van der Waals surface area (Å²) in [5.74, 6) is 0.150. The minimum absolute atomic E-state index is 0.0614. The summed E-state index contributed by atoms with van der Waals surface area (Å²) in [4.78, 5) is 0. The number of tetrazole rings is 1. The molecule has 0 amide bonds. The molecule has 0 saturated carbocycles. The maximum Gasteiger partial charge on any atom is 0.170 e. The van der Waals surface area contributed by atoms with Gasteiger partial charge in [0.1, 0.15) is 11.5 Å². The van der Waals surface area contributed by atoms with E-state index in [9.17, 15) is 4.39 Å². The molecule has 0 spiro atoms. The second-order valence-electron chi connectivity index (χ2n) is 6.09. The molecule has 25 heavy (non-hydrogen) atoms. The number of aryl methyl sites for hydroxylation is 1. The first-order valence-electron chi connectivity index (χ1n) is 8.14. The van der Waals surface area contributed by atoms with E-state index < -0.39 is 0 Å². The predicted octanol–water partition coefficient (Wildman–Crippen LogP) is 2.29. The Balaban J connectivity index is 1.82. The maximum absolute atomic E-state index is 14.1. The molecule has 7 heteroatoms. The van der Waals surface area contributed by atoms with Gasteiger partial charge >= 0.3 is 0 Å². The average molecular weight is 340 g/mol. The molecule has 0 radical (unpaired) electrons. The van der Waals surface area contributed by atoms with Gasteiger partial charge in [-0.1, -0.05) is 36.4 Å². The highest BCUT2D eigenvalue weighted by atomic mass is 19.1. The number of nitrogens with one attached hydrogen (secondary N) is 1. The largest absolute Gasteiger partial charge is 0.326 e. The van der Waals surface area contributed by atoms with Gasteiger partial charge in [0.05, 0.1) is 6.54 Å². The smallest absolute Gasteiger partial charge is 0.170 e. The van der Waals surface area contributed by atoms with Crippen molar-refractivity contribution in [2.24, 2.45) is 5.73 Å². The first-order chi connectivity index (χ1) is 12.1. The molecule has 130 valence electrons. The van der Waals surface area contributed by atoms with Gasteiger partial charge in [-0.3, -0.25) is 0 Å². The molecule has 0 bridgehead atoms. The van der Waals surface area contributed by atoms with Crippen molar-refractivity contribution in [3.63, 3.8) is 0 Å². The molecule has 2 unspecified atom stereocenters. The van der Waals surface area contributed by atoms with Crippen LogP contribution in [0.25, 0.3) is 5.69 Å². The van der Waals surface area contributed by atoms with Crippen molar-refractivity contribution in [2.45, 2.75) is 32.5 Å². The van der Waals surface area contributed by atoms with Crippen molar-refractivity contribution in [1.29, 1.82) is 0 Å². The van der Waals surface area contributed by atoms with Gasteiger partial charge in [-0.05, 0) is 47.5 Å². The molecule has 0 fully saturated rings. The Kier molecular flexibility index (Phi) is 5.16. The SMILES string of the molecule is Cc1ccc(F)c(-n2nnnc2CNC(c2ccccc2)C(C)N)c1.